The zero-order valence-electron chi connectivity index (χ0n) is 15.0. The maximum absolute atomic E-state index is 12.2. The number of benzene rings is 1. The van der Waals surface area contributed by atoms with Crippen LogP contribution in [0, 0.1) is 6.92 Å². The number of aryl methyl sites for hydroxylation is 1. The Balaban J connectivity index is 1.73. The summed E-state index contributed by atoms with van der Waals surface area (Å²) in [4.78, 5) is 39.6. The van der Waals surface area contributed by atoms with Crippen molar-refractivity contribution < 1.29 is 14.4 Å². The zero-order valence-corrected chi connectivity index (χ0v) is 17.4. The molecule has 0 saturated heterocycles. The Morgan fingerprint density at radius 2 is 1.69 bits per heavy atom. The second-order valence-electron chi connectivity index (χ2n) is 6.21. The molecule has 0 aliphatic rings. The van der Waals surface area contributed by atoms with Gasteiger partial charge in [0, 0.05) is 48.6 Å². The molecule has 2 aromatic rings. The predicted octanol–water partition coefficient (Wildman–Crippen LogP) is 4.79. The summed E-state index contributed by atoms with van der Waals surface area (Å²) in [5.74, 6) is -0.127. The molecule has 1 aromatic heterocycles. The Morgan fingerprint density at radius 1 is 1.00 bits per heavy atom. The van der Waals surface area contributed by atoms with Crippen LogP contribution in [0.25, 0.3) is 0 Å². The number of rotatable bonds is 9. The third-order valence-electron chi connectivity index (χ3n) is 4.05. The normalized spacial score (nSPS) is 10.6. The van der Waals surface area contributed by atoms with Gasteiger partial charge >= 0.3 is 0 Å². The summed E-state index contributed by atoms with van der Waals surface area (Å²) in [6, 6.07) is 11.4. The van der Waals surface area contributed by atoms with Gasteiger partial charge < -0.3 is 4.90 Å². The van der Waals surface area contributed by atoms with Crippen molar-refractivity contribution in [3.63, 3.8) is 0 Å². The first-order valence-electron chi connectivity index (χ1n) is 8.45. The second-order valence-corrected chi connectivity index (χ2v) is 8.36. The van der Waals surface area contributed by atoms with E-state index in [4.69, 9.17) is 0 Å². The van der Waals surface area contributed by atoms with Crippen LogP contribution in [-0.4, -0.2) is 29.4 Å². The first kappa shape index (κ1) is 20.5. The third-order valence-corrected chi connectivity index (χ3v) is 5.87. The molecule has 2 rings (SSSR count). The van der Waals surface area contributed by atoms with Crippen LogP contribution in [-0.2, 0) is 16.1 Å². The molecular weight excluding hydrogens is 414 g/mol. The topological polar surface area (TPSA) is 54.5 Å². The van der Waals surface area contributed by atoms with Gasteiger partial charge in [0.2, 0.25) is 5.91 Å². The van der Waals surface area contributed by atoms with E-state index in [-0.39, 0.29) is 43.2 Å². The lowest BCUT2D eigenvalue weighted by atomic mass is 10.1. The van der Waals surface area contributed by atoms with Crippen molar-refractivity contribution in [3.8, 4) is 0 Å². The number of halogens is 1. The van der Waals surface area contributed by atoms with E-state index in [1.807, 2.05) is 37.3 Å². The van der Waals surface area contributed by atoms with E-state index in [0.717, 1.165) is 14.9 Å². The first-order valence-corrected chi connectivity index (χ1v) is 10.1. The van der Waals surface area contributed by atoms with Crippen molar-refractivity contribution in [3.05, 3.63) is 56.2 Å². The number of hydrogen-bond donors (Lipinski definition) is 0. The Bertz CT molecular complexity index is 800. The highest BCUT2D eigenvalue weighted by molar-refractivity contribution is 9.10. The fourth-order valence-corrected chi connectivity index (χ4v) is 3.74. The van der Waals surface area contributed by atoms with E-state index in [1.165, 1.54) is 11.3 Å². The third kappa shape index (κ3) is 6.18. The standard InChI is InChI=1S/C20H22BrNO3S/c1-14-7-11-19(26-14)18(24)10-8-16(23)9-12-20(25)22(2)13-15-5-3-4-6-17(15)21/h3-7,11H,8-10,12-13H2,1-2H3. The van der Waals surface area contributed by atoms with Crippen LogP contribution in [0.15, 0.2) is 40.9 Å². The van der Waals surface area contributed by atoms with Crippen molar-refractivity contribution >= 4 is 44.7 Å². The van der Waals surface area contributed by atoms with Crippen molar-refractivity contribution in [1.29, 1.82) is 0 Å². The highest BCUT2D eigenvalue weighted by atomic mass is 79.9. The minimum atomic E-state index is -0.0747. The zero-order chi connectivity index (χ0) is 19.1. The van der Waals surface area contributed by atoms with Gasteiger partial charge in [-0.3, -0.25) is 14.4 Å². The number of carbonyl (C=O) groups is 3. The fourth-order valence-electron chi connectivity index (χ4n) is 2.49. The van der Waals surface area contributed by atoms with Gasteiger partial charge in [-0.25, -0.2) is 0 Å². The molecule has 138 valence electrons. The SMILES string of the molecule is Cc1ccc(C(=O)CCC(=O)CCC(=O)N(C)Cc2ccccc2Br)s1. The molecule has 1 heterocycles. The van der Waals surface area contributed by atoms with Crippen molar-refractivity contribution in [2.24, 2.45) is 0 Å². The van der Waals surface area contributed by atoms with Gasteiger partial charge in [0.25, 0.3) is 0 Å². The van der Waals surface area contributed by atoms with Gasteiger partial charge in [0.1, 0.15) is 5.78 Å². The molecule has 1 amide bonds. The summed E-state index contributed by atoms with van der Waals surface area (Å²) in [6.45, 7) is 2.44. The van der Waals surface area contributed by atoms with E-state index in [9.17, 15) is 14.4 Å². The number of ketones is 2. The summed E-state index contributed by atoms with van der Waals surface area (Å²) < 4.78 is 0.957. The quantitative estimate of drug-likeness (QED) is 0.531. The average Bonchev–Trinajstić information content (AvgIpc) is 3.06. The van der Waals surface area contributed by atoms with Crippen LogP contribution < -0.4 is 0 Å². The number of Topliss-reactive ketones (excluding diaryl/α,β-unsaturated/α-hetero) is 2. The summed E-state index contributed by atoms with van der Waals surface area (Å²) in [5, 5.41) is 0. The van der Waals surface area contributed by atoms with Gasteiger partial charge in [-0.2, -0.15) is 0 Å². The minimum absolute atomic E-state index is 0.00572. The second kappa shape index (κ2) is 9.78. The molecule has 1 aromatic carbocycles. The van der Waals surface area contributed by atoms with Gasteiger partial charge in [-0.05, 0) is 30.7 Å². The minimum Gasteiger partial charge on any atom is -0.341 e. The molecule has 0 fully saturated rings. The van der Waals surface area contributed by atoms with E-state index in [2.05, 4.69) is 15.9 Å². The molecule has 0 aliphatic carbocycles. The lowest BCUT2D eigenvalue weighted by molar-refractivity contribution is -0.132. The van der Waals surface area contributed by atoms with E-state index < -0.39 is 0 Å². The summed E-state index contributed by atoms with van der Waals surface area (Å²) in [5.41, 5.74) is 1.02. The van der Waals surface area contributed by atoms with Gasteiger partial charge in [-0.1, -0.05) is 34.1 Å². The molecular formula is C20H22BrNO3S. The van der Waals surface area contributed by atoms with Crippen LogP contribution in [0.2, 0.25) is 0 Å². The number of amides is 1. The van der Waals surface area contributed by atoms with E-state index >= 15 is 0 Å². The molecule has 0 atom stereocenters. The Kier molecular flexibility index (Phi) is 7.72. The Labute approximate surface area is 166 Å². The maximum atomic E-state index is 12.2. The number of carbonyl (C=O) groups excluding carboxylic acids is 3. The van der Waals surface area contributed by atoms with Crippen molar-refractivity contribution in [2.45, 2.75) is 39.2 Å². The molecule has 0 N–H and O–H groups in total. The predicted molar refractivity (Wildman–Crippen MR) is 107 cm³/mol. The van der Waals surface area contributed by atoms with Crippen molar-refractivity contribution in [2.75, 3.05) is 7.05 Å². The molecule has 0 saturated carbocycles. The largest absolute Gasteiger partial charge is 0.341 e. The summed E-state index contributed by atoms with van der Waals surface area (Å²) in [7, 11) is 1.73. The molecule has 4 nitrogen and oxygen atoms in total. The van der Waals surface area contributed by atoms with Gasteiger partial charge in [-0.15, -0.1) is 11.3 Å². The summed E-state index contributed by atoms with van der Waals surface area (Å²) >= 11 is 4.91. The molecule has 26 heavy (non-hydrogen) atoms. The lowest BCUT2D eigenvalue weighted by Gasteiger charge is -2.18. The fraction of sp³-hybridized carbons (Fsp3) is 0.350. The highest BCUT2D eigenvalue weighted by Gasteiger charge is 2.15. The maximum Gasteiger partial charge on any atom is 0.223 e. The summed E-state index contributed by atoms with van der Waals surface area (Å²) in [6.07, 6.45) is 0.749. The highest BCUT2D eigenvalue weighted by Crippen LogP contribution is 2.19. The molecule has 0 bridgehead atoms. The Hall–Kier alpha value is -1.79. The number of thiophene rings is 1. The van der Waals surface area contributed by atoms with E-state index in [0.29, 0.717) is 11.4 Å². The van der Waals surface area contributed by atoms with E-state index in [1.54, 1.807) is 18.0 Å². The molecule has 6 heteroatoms. The van der Waals surface area contributed by atoms with Crippen molar-refractivity contribution in [1.82, 2.24) is 4.90 Å². The molecule has 0 unspecified atom stereocenters. The molecule has 0 radical (unpaired) electrons. The smallest absolute Gasteiger partial charge is 0.223 e. The molecule has 0 aliphatic heterocycles. The lowest BCUT2D eigenvalue weighted by Crippen LogP contribution is -2.26. The Morgan fingerprint density at radius 3 is 2.35 bits per heavy atom. The van der Waals surface area contributed by atoms with Crippen LogP contribution in [0.5, 0.6) is 0 Å². The van der Waals surface area contributed by atoms with Crippen LogP contribution in [0.4, 0.5) is 0 Å². The van der Waals surface area contributed by atoms with Crippen LogP contribution in [0.1, 0.15) is 45.8 Å². The van der Waals surface area contributed by atoms with Gasteiger partial charge in [0.05, 0.1) is 4.88 Å². The van der Waals surface area contributed by atoms with Crippen LogP contribution in [0.3, 0.4) is 0 Å². The number of nitrogens with zero attached hydrogens (tertiary/aromatic N) is 1. The molecule has 0 spiro atoms. The van der Waals surface area contributed by atoms with Gasteiger partial charge in [0.15, 0.2) is 5.78 Å². The first-order chi connectivity index (χ1) is 12.4. The van der Waals surface area contributed by atoms with Crippen LogP contribution >= 0.6 is 27.3 Å². The monoisotopic (exact) mass is 435 g/mol. The number of hydrogen-bond acceptors (Lipinski definition) is 4. The average molecular weight is 436 g/mol.